The number of anilines is 1. The van der Waals surface area contributed by atoms with E-state index >= 15 is 0 Å². The Morgan fingerprint density at radius 3 is 2.58 bits per heavy atom. The molecule has 1 heterocycles. The molecule has 1 aliphatic rings. The van der Waals surface area contributed by atoms with Gasteiger partial charge in [-0.1, -0.05) is 6.58 Å². The molecule has 6 heteroatoms. The van der Waals surface area contributed by atoms with Gasteiger partial charge >= 0.3 is 0 Å². The van der Waals surface area contributed by atoms with Gasteiger partial charge in [-0.05, 0) is 56.5 Å². The first-order valence-corrected chi connectivity index (χ1v) is 9.05. The molecule has 0 aromatic heterocycles. The number of nitrogens with zero attached hydrogens (tertiary/aromatic N) is 2. The fourth-order valence-electron chi connectivity index (χ4n) is 3.22. The van der Waals surface area contributed by atoms with Crippen LogP contribution in [0.25, 0.3) is 0 Å². The van der Waals surface area contributed by atoms with Crippen LogP contribution in [-0.4, -0.2) is 48.8 Å². The van der Waals surface area contributed by atoms with E-state index in [1.54, 1.807) is 31.3 Å². The van der Waals surface area contributed by atoms with Crippen molar-refractivity contribution in [2.24, 2.45) is 0 Å². The molecule has 1 saturated heterocycles. The Hall–Kier alpha value is -2.63. The Bertz CT molecular complexity index is 669. The maximum Gasteiger partial charge on any atom is 0.254 e. The van der Waals surface area contributed by atoms with E-state index in [-0.39, 0.29) is 23.8 Å². The molecule has 1 N–H and O–H groups in total. The van der Waals surface area contributed by atoms with E-state index in [1.165, 1.54) is 11.0 Å². The van der Waals surface area contributed by atoms with Crippen LogP contribution >= 0.6 is 0 Å². The van der Waals surface area contributed by atoms with E-state index in [0.717, 1.165) is 19.3 Å². The first-order valence-electron chi connectivity index (χ1n) is 9.05. The number of amides is 3. The van der Waals surface area contributed by atoms with Gasteiger partial charge in [0.1, 0.15) is 0 Å². The molecule has 1 fully saturated rings. The Balaban J connectivity index is 2.11. The van der Waals surface area contributed by atoms with Gasteiger partial charge in [-0.3, -0.25) is 14.4 Å². The summed E-state index contributed by atoms with van der Waals surface area (Å²) in [4.78, 5) is 39.8. The smallest absolute Gasteiger partial charge is 0.254 e. The van der Waals surface area contributed by atoms with Gasteiger partial charge in [-0.15, -0.1) is 0 Å². The van der Waals surface area contributed by atoms with E-state index in [9.17, 15) is 14.4 Å². The van der Waals surface area contributed by atoms with Crippen molar-refractivity contribution < 1.29 is 14.4 Å². The Kier molecular flexibility index (Phi) is 6.95. The molecule has 26 heavy (non-hydrogen) atoms. The molecule has 1 aromatic rings. The lowest BCUT2D eigenvalue weighted by atomic mass is 9.97. The van der Waals surface area contributed by atoms with Gasteiger partial charge in [0.25, 0.3) is 5.91 Å². The van der Waals surface area contributed by atoms with Crippen LogP contribution in [0, 0.1) is 0 Å². The second kappa shape index (κ2) is 9.17. The highest BCUT2D eigenvalue weighted by molar-refractivity contribution is 6.01. The lowest BCUT2D eigenvalue weighted by Crippen LogP contribution is -2.46. The van der Waals surface area contributed by atoms with Crippen molar-refractivity contribution in [2.45, 2.75) is 38.6 Å². The average molecular weight is 357 g/mol. The molecule has 0 aliphatic carbocycles. The first-order chi connectivity index (χ1) is 12.5. The van der Waals surface area contributed by atoms with Crippen molar-refractivity contribution in [3.63, 3.8) is 0 Å². The minimum atomic E-state index is -0.206. The minimum absolute atomic E-state index is 0.0166. The third-order valence-corrected chi connectivity index (χ3v) is 4.69. The zero-order valence-corrected chi connectivity index (χ0v) is 15.5. The number of likely N-dealkylation sites (tertiary alicyclic amines) is 1. The van der Waals surface area contributed by atoms with Crippen molar-refractivity contribution in [1.29, 1.82) is 0 Å². The summed E-state index contributed by atoms with van der Waals surface area (Å²) < 4.78 is 0. The molecule has 0 radical (unpaired) electrons. The molecule has 1 unspecified atom stereocenters. The maximum absolute atomic E-state index is 12.9. The topological polar surface area (TPSA) is 69.7 Å². The number of hydrogen-bond donors (Lipinski definition) is 1. The largest absolute Gasteiger partial charge is 0.356 e. The Labute approximate surface area is 154 Å². The van der Waals surface area contributed by atoms with Crippen LogP contribution in [0.2, 0.25) is 0 Å². The van der Waals surface area contributed by atoms with E-state index < -0.39 is 0 Å². The van der Waals surface area contributed by atoms with Crippen LogP contribution in [0.3, 0.4) is 0 Å². The fourth-order valence-corrected chi connectivity index (χ4v) is 3.22. The second-order valence-corrected chi connectivity index (χ2v) is 6.45. The number of rotatable bonds is 6. The van der Waals surface area contributed by atoms with Crippen molar-refractivity contribution in [1.82, 2.24) is 10.2 Å². The molecular formula is C20H27N3O3. The van der Waals surface area contributed by atoms with Gasteiger partial charge in [0.15, 0.2) is 0 Å². The molecule has 1 atom stereocenters. The van der Waals surface area contributed by atoms with Crippen LogP contribution in [-0.2, 0) is 9.59 Å². The van der Waals surface area contributed by atoms with E-state index in [1.807, 2.05) is 11.8 Å². The zero-order valence-electron chi connectivity index (χ0n) is 15.5. The third-order valence-electron chi connectivity index (χ3n) is 4.69. The van der Waals surface area contributed by atoms with Crippen LogP contribution in [0.4, 0.5) is 5.69 Å². The lowest BCUT2D eigenvalue weighted by Gasteiger charge is -2.35. The van der Waals surface area contributed by atoms with Crippen LogP contribution in [0.15, 0.2) is 36.9 Å². The minimum Gasteiger partial charge on any atom is -0.356 e. The third kappa shape index (κ3) is 4.71. The second-order valence-electron chi connectivity index (χ2n) is 6.45. The highest BCUT2D eigenvalue weighted by Crippen LogP contribution is 2.23. The van der Waals surface area contributed by atoms with E-state index in [0.29, 0.717) is 30.8 Å². The number of likely N-dealkylation sites (N-methyl/N-ethyl adjacent to an activating group) is 1. The van der Waals surface area contributed by atoms with Crippen LogP contribution < -0.4 is 10.2 Å². The van der Waals surface area contributed by atoms with Crippen molar-refractivity contribution in [3.05, 3.63) is 42.5 Å². The molecule has 0 spiro atoms. The number of carbonyl (C=O) groups is 3. The summed E-state index contributed by atoms with van der Waals surface area (Å²) in [5.41, 5.74) is 1.26. The van der Waals surface area contributed by atoms with Crippen molar-refractivity contribution in [2.75, 3.05) is 25.0 Å². The number of carbonyl (C=O) groups excluding carboxylic acids is 3. The standard InChI is InChI=1S/C20H27N3O3/c1-4-19(25)22(3)16-11-9-15(10-12-16)20(26)23-13-7-6-8-17(23)14-18(24)21-5-2/h4,9-12,17H,1,5-8,13-14H2,2-3H3,(H,21,24). The average Bonchev–Trinajstić information content (AvgIpc) is 2.67. The van der Waals surface area contributed by atoms with Gasteiger partial charge in [-0.25, -0.2) is 0 Å². The zero-order chi connectivity index (χ0) is 19.1. The Morgan fingerprint density at radius 2 is 1.96 bits per heavy atom. The normalized spacial score (nSPS) is 16.7. The molecule has 140 valence electrons. The predicted octanol–water partition coefficient (Wildman–Crippen LogP) is 2.36. The molecule has 3 amide bonds. The van der Waals surface area contributed by atoms with Gasteiger partial charge in [-0.2, -0.15) is 0 Å². The number of piperidine rings is 1. The number of hydrogen-bond acceptors (Lipinski definition) is 3. The quantitative estimate of drug-likeness (QED) is 0.795. The number of nitrogens with one attached hydrogen (secondary N) is 1. The first kappa shape index (κ1) is 19.7. The van der Waals surface area contributed by atoms with Gasteiger partial charge < -0.3 is 15.1 Å². The summed E-state index contributed by atoms with van der Waals surface area (Å²) in [5.74, 6) is -0.289. The van der Waals surface area contributed by atoms with Crippen LogP contribution in [0.5, 0.6) is 0 Å². The molecule has 1 aliphatic heterocycles. The predicted molar refractivity (Wildman–Crippen MR) is 102 cm³/mol. The molecule has 6 nitrogen and oxygen atoms in total. The lowest BCUT2D eigenvalue weighted by molar-refractivity contribution is -0.122. The van der Waals surface area contributed by atoms with Gasteiger partial charge in [0.05, 0.1) is 0 Å². The highest BCUT2D eigenvalue weighted by Gasteiger charge is 2.29. The molecule has 1 aromatic carbocycles. The van der Waals surface area contributed by atoms with Crippen molar-refractivity contribution in [3.8, 4) is 0 Å². The SMILES string of the molecule is C=CC(=O)N(C)c1ccc(C(=O)N2CCCCC2CC(=O)NCC)cc1. The maximum atomic E-state index is 12.9. The van der Waals surface area contributed by atoms with E-state index in [4.69, 9.17) is 0 Å². The summed E-state index contributed by atoms with van der Waals surface area (Å²) >= 11 is 0. The van der Waals surface area contributed by atoms with Gasteiger partial charge in [0, 0.05) is 43.9 Å². The molecular weight excluding hydrogens is 330 g/mol. The van der Waals surface area contributed by atoms with Gasteiger partial charge in [0.2, 0.25) is 11.8 Å². The number of benzene rings is 1. The summed E-state index contributed by atoms with van der Waals surface area (Å²) in [6.07, 6.45) is 4.41. The highest BCUT2D eigenvalue weighted by atomic mass is 16.2. The summed E-state index contributed by atoms with van der Waals surface area (Å²) in [5, 5.41) is 2.81. The summed E-state index contributed by atoms with van der Waals surface area (Å²) in [7, 11) is 1.66. The van der Waals surface area contributed by atoms with Crippen LogP contribution in [0.1, 0.15) is 43.0 Å². The van der Waals surface area contributed by atoms with Crippen molar-refractivity contribution >= 4 is 23.4 Å². The van der Waals surface area contributed by atoms with E-state index in [2.05, 4.69) is 11.9 Å². The Morgan fingerprint density at radius 1 is 1.27 bits per heavy atom. The fraction of sp³-hybridized carbons (Fsp3) is 0.450. The summed E-state index contributed by atoms with van der Waals surface area (Å²) in [6, 6.07) is 6.88. The molecule has 0 saturated carbocycles. The monoisotopic (exact) mass is 357 g/mol. The molecule has 2 rings (SSSR count). The summed E-state index contributed by atoms with van der Waals surface area (Å²) in [6.45, 7) is 6.62. The molecule has 0 bridgehead atoms.